The molecule has 25 heavy (non-hydrogen) atoms. The fourth-order valence-corrected chi connectivity index (χ4v) is 2.34. The van der Waals surface area contributed by atoms with Gasteiger partial charge in [0.05, 0.1) is 10.5 Å². The van der Waals surface area contributed by atoms with Gasteiger partial charge in [-0.05, 0) is 56.2 Å². The lowest BCUT2D eigenvalue weighted by molar-refractivity contribution is -0.274. The number of alkyl halides is 3. The van der Waals surface area contributed by atoms with Gasteiger partial charge in [0.2, 0.25) is 0 Å². The second kappa shape index (κ2) is 7.74. The molecule has 132 valence electrons. The van der Waals surface area contributed by atoms with Crippen molar-refractivity contribution in [3.05, 3.63) is 70.4 Å². The molecule has 0 aliphatic rings. The van der Waals surface area contributed by atoms with E-state index in [1.807, 2.05) is 44.2 Å². The molecular weight excluding hydrogens is 351 g/mol. The Labute approximate surface area is 149 Å². The molecule has 2 aromatic carbocycles. The molecule has 3 rings (SSSR count). The Bertz CT molecular complexity index is 878. The van der Waals surface area contributed by atoms with Gasteiger partial charge in [0.15, 0.2) is 0 Å². The monoisotopic (exact) mass is 367 g/mol. The van der Waals surface area contributed by atoms with Crippen LogP contribution < -0.4 is 4.74 Å². The van der Waals surface area contributed by atoms with E-state index in [9.17, 15) is 13.2 Å². The van der Waals surface area contributed by atoms with E-state index in [4.69, 9.17) is 11.6 Å². The summed E-state index contributed by atoms with van der Waals surface area (Å²) >= 11 is 5.97. The van der Waals surface area contributed by atoms with Crippen LogP contribution in [-0.4, -0.2) is 11.3 Å². The molecule has 0 spiro atoms. The lowest BCUT2D eigenvalue weighted by Crippen LogP contribution is -2.17. The molecule has 2 nitrogen and oxygen atoms in total. The number of aryl methyl sites for hydroxylation is 3. The maximum absolute atomic E-state index is 11.8. The zero-order chi connectivity index (χ0) is 18.6. The summed E-state index contributed by atoms with van der Waals surface area (Å²) in [4.78, 5) is 4.34. The Kier molecular flexibility index (Phi) is 5.90. The van der Waals surface area contributed by atoms with E-state index < -0.39 is 6.36 Å². The summed E-state index contributed by atoms with van der Waals surface area (Å²) in [5.74, 6) is -0.171. The zero-order valence-corrected chi connectivity index (χ0v) is 14.7. The van der Waals surface area contributed by atoms with Gasteiger partial charge in [-0.3, -0.25) is 4.98 Å². The molecule has 3 aromatic rings. The standard InChI is InChI=1S/C10H8ClN.C9H9F3O/c1-7-5-6-8-3-2-4-9(11)10(8)12-7;1-6-3-4-8(5-7(6)2)13-9(10,11)12/h2-6H,1H3;3-5H,1-2H3. The fraction of sp³-hybridized carbons (Fsp3) is 0.211. The van der Waals surface area contributed by atoms with E-state index in [0.717, 1.165) is 32.7 Å². The molecule has 0 amide bonds. The van der Waals surface area contributed by atoms with Crippen molar-refractivity contribution in [2.24, 2.45) is 0 Å². The summed E-state index contributed by atoms with van der Waals surface area (Å²) in [6, 6.07) is 14.1. The first-order valence-corrected chi connectivity index (χ1v) is 7.88. The van der Waals surface area contributed by atoms with E-state index in [1.165, 1.54) is 12.1 Å². The number of rotatable bonds is 1. The van der Waals surface area contributed by atoms with Crippen LogP contribution >= 0.6 is 11.6 Å². The number of para-hydroxylation sites is 1. The van der Waals surface area contributed by atoms with Crippen molar-refractivity contribution < 1.29 is 17.9 Å². The molecule has 0 unspecified atom stereocenters. The van der Waals surface area contributed by atoms with Crippen molar-refractivity contribution in [3.63, 3.8) is 0 Å². The van der Waals surface area contributed by atoms with Crippen LogP contribution in [0.2, 0.25) is 5.02 Å². The normalized spacial score (nSPS) is 11.0. The van der Waals surface area contributed by atoms with Gasteiger partial charge in [0.25, 0.3) is 0 Å². The van der Waals surface area contributed by atoms with Gasteiger partial charge in [0.1, 0.15) is 5.75 Å². The van der Waals surface area contributed by atoms with Crippen LogP contribution in [0.4, 0.5) is 13.2 Å². The number of fused-ring (bicyclic) bond motifs is 1. The highest BCUT2D eigenvalue weighted by Crippen LogP contribution is 2.24. The molecule has 6 heteroatoms. The topological polar surface area (TPSA) is 22.1 Å². The molecule has 0 aliphatic heterocycles. The van der Waals surface area contributed by atoms with Crippen LogP contribution in [0.25, 0.3) is 10.9 Å². The van der Waals surface area contributed by atoms with Crippen LogP contribution in [0.3, 0.4) is 0 Å². The van der Waals surface area contributed by atoms with Crippen LogP contribution in [0.15, 0.2) is 48.5 Å². The van der Waals surface area contributed by atoms with Crippen LogP contribution in [0.1, 0.15) is 16.8 Å². The Morgan fingerprint density at radius 3 is 2.28 bits per heavy atom. The second-order valence-electron chi connectivity index (χ2n) is 5.56. The van der Waals surface area contributed by atoms with Crippen molar-refractivity contribution in [3.8, 4) is 5.75 Å². The first-order valence-electron chi connectivity index (χ1n) is 7.50. The Hall–Kier alpha value is -2.27. The lowest BCUT2D eigenvalue weighted by Gasteiger charge is -2.09. The van der Waals surface area contributed by atoms with E-state index in [-0.39, 0.29) is 5.75 Å². The molecule has 0 atom stereocenters. The highest BCUT2D eigenvalue weighted by molar-refractivity contribution is 6.35. The fourth-order valence-electron chi connectivity index (χ4n) is 2.12. The van der Waals surface area contributed by atoms with Crippen molar-refractivity contribution in [2.45, 2.75) is 27.1 Å². The third-order valence-corrected chi connectivity index (χ3v) is 3.83. The van der Waals surface area contributed by atoms with Gasteiger partial charge >= 0.3 is 6.36 Å². The first-order chi connectivity index (χ1) is 11.7. The minimum absolute atomic E-state index is 0.171. The summed E-state index contributed by atoms with van der Waals surface area (Å²) in [5, 5.41) is 1.81. The van der Waals surface area contributed by atoms with Gasteiger partial charge in [-0.2, -0.15) is 0 Å². The minimum atomic E-state index is -4.61. The number of hydrogen-bond donors (Lipinski definition) is 0. The SMILES string of the molecule is Cc1ccc(OC(F)(F)F)cc1C.Cc1ccc2cccc(Cl)c2n1. The number of ether oxygens (including phenoxy) is 1. The molecule has 0 bridgehead atoms. The molecule has 0 N–H and O–H groups in total. The molecule has 1 heterocycles. The number of hydrogen-bond acceptors (Lipinski definition) is 2. The number of benzene rings is 2. The van der Waals surface area contributed by atoms with E-state index in [2.05, 4.69) is 9.72 Å². The average molecular weight is 368 g/mol. The molecule has 0 fully saturated rings. The van der Waals surface area contributed by atoms with Crippen molar-refractivity contribution in [2.75, 3.05) is 0 Å². The number of pyridine rings is 1. The smallest absolute Gasteiger partial charge is 0.406 e. The van der Waals surface area contributed by atoms with E-state index in [1.54, 1.807) is 13.0 Å². The number of nitrogens with zero attached hydrogens (tertiary/aromatic N) is 1. The largest absolute Gasteiger partial charge is 0.573 e. The Balaban J connectivity index is 0.000000181. The maximum atomic E-state index is 11.8. The van der Waals surface area contributed by atoms with Gasteiger partial charge in [-0.1, -0.05) is 35.9 Å². The molecule has 0 radical (unpaired) electrons. The maximum Gasteiger partial charge on any atom is 0.573 e. The minimum Gasteiger partial charge on any atom is -0.406 e. The van der Waals surface area contributed by atoms with Gasteiger partial charge in [-0.25, -0.2) is 0 Å². The van der Waals surface area contributed by atoms with Gasteiger partial charge in [0, 0.05) is 11.1 Å². The molecule has 0 saturated heterocycles. The highest BCUT2D eigenvalue weighted by atomic mass is 35.5. The Morgan fingerprint density at radius 1 is 0.920 bits per heavy atom. The van der Waals surface area contributed by atoms with E-state index in [0.29, 0.717) is 0 Å². The Morgan fingerprint density at radius 2 is 1.64 bits per heavy atom. The third kappa shape index (κ3) is 5.64. The summed E-state index contributed by atoms with van der Waals surface area (Å²) in [5.41, 5.74) is 3.60. The molecule has 0 aliphatic carbocycles. The molecular formula is C19H17ClF3NO. The van der Waals surface area contributed by atoms with Crippen molar-refractivity contribution in [1.82, 2.24) is 4.98 Å². The first kappa shape index (κ1) is 19.1. The highest BCUT2D eigenvalue weighted by Gasteiger charge is 2.31. The predicted molar refractivity (Wildman–Crippen MR) is 94.1 cm³/mol. The summed E-state index contributed by atoms with van der Waals surface area (Å²) < 4.78 is 39.0. The second-order valence-corrected chi connectivity index (χ2v) is 5.97. The van der Waals surface area contributed by atoms with Crippen LogP contribution in [-0.2, 0) is 0 Å². The summed E-state index contributed by atoms with van der Waals surface area (Å²) in [7, 11) is 0. The predicted octanol–water partition coefficient (Wildman–Crippen LogP) is 6.40. The zero-order valence-electron chi connectivity index (χ0n) is 14.0. The summed E-state index contributed by atoms with van der Waals surface area (Å²) in [6.45, 7) is 5.52. The van der Waals surface area contributed by atoms with Crippen molar-refractivity contribution >= 4 is 22.5 Å². The van der Waals surface area contributed by atoms with Gasteiger partial charge in [-0.15, -0.1) is 13.2 Å². The molecule has 1 aromatic heterocycles. The molecule has 0 saturated carbocycles. The van der Waals surface area contributed by atoms with Gasteiger partial charge < -0.3 is 4.74 Å². The third-order valence-electron chi connectivity index (χ3n) is 3.52. The van der Waals surface area contributed by atoms with E-state index >= 15 is 0 Å². The lowest BCUT2D eigenvalue weighted by atomic mass is 10.1. The summed E-state index contributed by atoms with van der Waals surface area (Å²) in [6.07, 6.45) is -4.61. The quantitative estimate of drug-likeness (QED) is 0.496. The number of aromatic nitrogens is 1. The average Bonchev–Trinajstić information content (AvgIpc) is 2.51. The van der Waals surface area contributed by atoms with Crippen molar-refractivity contribution in [1.29, 1.82) is 0 Å². The number of halogens is 4. The van der Waals surface area contributed by atoms with Crippen LogP contribution in [0.5, 0.6) is 5.75 Å². The van der Waals surface area contributed by atoms with Crippen LogP contribution in [0, 0.1) is 20.8 Å².